The van der Waals surface area contributed by atoms with Gasteiger partial charge in [0.1, 0.15) is 12.2 Å². The lowest BCUT2D eigenvalue weighted by Gasteiger charge is -2.34. The van der Waals surface area contributed by atoms with Gasteiger partial charge in [-0.05, 0) is 19.3 Å². The highest BCUT2D eigenvalue weighted by atomic mass is 16.5. The van der Waals surface area contributed by atoms with E-state index >= 15 is 0 Å². The summed E-state index contributed by atoms with van der Waals surface area (Å²) in [6.45, 7) is 1.67. The molecule has 2 aliphatic rings. The van der Waals surface area contributed by atoms with Gasteiger partial charge in [-0.1, -0.05) is 6.92 Å². The summed E-state index contributed by atoms with van der Waals surface area (Å²) >= 11 is 0. The molecule has 0 saturated carbocycles. The Kier molecular flexibility index (Phi) is 2.75. The number of rotatable bonds is 3. The van der Waals surface area contributed by atoms with Crippen LogP contribution in [0.1, 0.15) is 26.2 Å². The van der Waals surface area contributed by atoms with Crippen LogP contribution in [0.5, 0.6) is 0 Å². The zero-order valence-electron chi connectivity index (χ0n) is 8.68. The third-order valence-electron chi connectivity index (χ3n) is 3.09. The van der Waals surface area contributed by atoms with Gasteiger partial charge < -0.3 is 9.84 Å². The van der Waals surface area contributed by atoms with Crippen molar-refractivity contribution in [3.63, 3.8) is 0 Å². The third-order valence-corrected chi connectivity index (χ3v) is 3.09. The molecule has 2 rings (SSSR count). The summed E-state index contributed by atoms with van der Waals surface area (Å²) in [7, 11) is 0. The van der Waals surface area contributed by atoms with E-state index in [1.54, 1.807) is 0 Å². The number of amides is 2. The summed E-state index contributed by atoms with van der Waals surface area (Å²) < 4.78 is 5.27. The van der Waals surface area contributed by atoms with Crippen LogP contribution in [-0.2, 0) is 14.3 Å². The van der Waals surface area contributed by atoms with E-state index in [-0.39, 0.29) is 18.4 Å². The quantitative estimate of drug-likeness (QED) is 0.652. The Bertz CT molecular complexity index is 265. The molecule has 2 saturated heterocycles. The molecule has 0 aliphatic carbocycles. The fraction of sp³-hybridized carbons (Fsp3) is 0.800. The van der Waals surface area contributed by atoms with Crippen LogP contribution in [0.25, 0.3) is 0 Å². The van der Waals surface area contributed by atoms with E-state index in [0.717, 1.165) is 0 Å². The minimum Gasteiger partial charge on any atom is -0.394 e. The minimum atomic E-state index is -0.465. The standard InChI is InChI=1S/C10H15NO4/c1-2-6(5-12)11-9(13)7-3-4-8(15-7)10(11)14/h6-8,12H,2-5H2,1H3/t6-,7?,8?/m1/s1. The van der Waals surface area contributed by atoms with E-state index in [9.17, 15) is 9.59 Å². The second kappa shape index (κ2) is 3.90. The maximum absolute atomic E-state index is 11.8. The fourth-order valence-corrected chi connectivity index (χ4v) is 2.17. The Hall–Kier alpha value is -0.940. The molecule has 5 heteroatoms. The van der Waals surface area contributed by atoms with Crippen LogP contribution in [-0.4, -0.2) is 46.7 Å². The summed E-state index contributed by atoms with van der Waals surface area (Å²) in [6, 6.07) is -0.392. The van der Waals surface area contributed by atoms with E-state index in [4.69, 9.17) is 9.84 Å². The largest absolute Gasteiger partial charge is 0.394 e. The first-order valence-corrected chi connectivity index (χ1v) is 5.32. The van der Waals surface area contributed by atoms with Gasteiger partial charge in [-0.3, -0.25) is 14.5 Å². The normalized spacial score (nSPS) is 32.3. The smallest absolute Gasteiger partial charge is 0.258 e. The van der Waals surface area contributed by atoms with E-state index in [1.165, 1.54) is 4.90 Å². The maximum Gasteiger partial charge on any atom is 0.258 e. The summed E-state index contributed by atoms with van der Waals surface area (Å²) in [6.07, 6.45) is 0.885. The monoisotopic (exact) mass is 213 g/mol. The number of carbonyl (C=O) groups is 2. The molecule has 0 aromatic heterocycles. The van der Waals surface area contributed by atoms with Gasteiger partial charge in [0.25, 0.3) is 11.8 Å². The van der Waals surface area contributed by atoms with Crippen molar-refractivity contribution in [3.8, 4) is 0 Å². The molecule has 0 aromatic carbocycles. The Labute approximate surface area is 88.0 Å². The number of imide groups is 1. The lowest BCUT2D eigenvalue weighted by Crippen LogP contribution is -2.56. The summed E-state index contributed by atoms with van der Waals surface area (Å²) in [5, 5.41) is 9.12. The molecule has 0 aromatic rings. The van der Waals surface area contributed by atoms with Crippen LogP contribution < -0.4 is 0 Å². The molecule has 0 radical (unpaired) electrons. The summed E-state index contributed by atoms with van der Waals surface area (Å²) in [5.74, 6) is -0.565. The molecule has 84 valence electrons. The second-order valence-electron chi connectivity index (χ2n) is 3.98. The molecule has 2 heterocycles. The highest BCUT2D eigenvalue weighted by molar-refractivity contribution is 6.02. The fourth-order valence-electron chi connectivity index (χ4n) is 2.17. The SMILES string of the molecule is CC[C@H](CO)N1C(=O)C2CCC(O2)C1=O. The Balaban J connectivity index is 2.22. The summed E-state index contributed by atoms with van der Waals surface area (Å²) in [5.41, 5.74) is 0. The van der Waals surface area contributed by atoms with Crippen molar-refractivity contribution >= 4 is 11.8 Å². The van der Waals surface area contributed by atoms with Gasteiger partial charge in [0.05, 0.1) is 12.6 Å². The molecule has 1 N–H and O–H groups in total. The van der Waals surface area contributed by atoms with Gasteiger partial charge >= 0.3 is 0 Å². The third kappa shape index (κ3) is 1.55. The van der Waals surface area contributed by atoms with E-state index in [1.807, 2.05) is 6.92 Å². The van der Waals surface area contributed by atoms with E-state index < -0.39 is 18.2 Å². The number of hydrogen-bond acceptors (Lipinski definition) is 4. The first-order valence-electron chi connectivity index (χ1n) is 5.32. The number of morpholine rings is 1. The van der Waals surface area contributed by atoms with Crippen molar-refractivity contribution in [3.05, 3.63) is 0 Å². The predicted molar refractivity (Wildman–Crippen MR) is 50.9 cm³/mol. The van der Waals surface area contributed by atoms with Crippen molar-refractivity contribution in [1.29, 1.82) is 0 Å². The van der Waals surface area contributed by atoms with Crippen molar-refractivity contribution < 1.29 is 19.4 Å². The Morgan fingerprint density at radius 2 is 1.93 bits per heavy atom. The Morgan fingerprint density at radius 1 is 1.40 bits per heavy atom. The molecule has 2 aliphatic heterocycles. The van der Waals surface area contributed by atoms with Gasteiger partial charge in [-0.25, -0.2) is 0 Å². The number of aliphatic hydroxyl groups is 1. The number of ether oxygens (including phenoxy) is 1. The first kappa shape index (κ1) is 10.6. The molecule has 15 heavy (non-hydrogen) atoms. The van der Waals surface area contributed by atoms with E-state index in [0.29, 0.717) is 19.3 Å². The predicted octanol–water partition coefficient (Wildman–Crippen LogP) is -0.326. The molecule has 2 fully saturated rings. The van der Waals surface area contributed by atoms with Crippen LogP contribution in [0.3, 0.4) is 0 Å². The second-order valence-corrected chi connectivity index (χ2v) is 3.98. The first-order chi connectivity index (χ1) is 7.19. The molecule has 3 atom stereocenters. The molecular weight excluding hydrogens is 198 g/mol. The Morgan fingerprint density at radius 3 is 2.33 bits per heavy atom. The van der Waals surface area contributed by atoms with Gasteiger partial charge in [-0.2, -0.15) is 0 Å². The number of aliphatic hydroxyl groups excluding tert-OH is 1. The van der Waals surface area contributed by atoms with Crippen LogP contribution in [0.4, 0.5) is 0 Å². The highest BCUT2D eigenvalue weighted by Crippen LogP contribution is 2.29. The van der Waals surface area contributed by atoms with E-state index in [2.05, 4.69) is 0 Å². The molecular formula is C10H15NO4. The molecule has 2 unspecified atom stereocenters. The lowest BCUT2D eigenvalue weighted by molar-refractivity contribution is -0.172. The lowest BCUT2D eigenvalue weighted by atomic mass is 10.1. The van der Waals surface area contributed by atoms with Crippen LogP contribution in [0, 0.1) is 0 Å². The van der Waals surface area contributed by atoms with Gasteiger partial charge in [-0.15, -0.1) is 0 Å². The highest BCUT2D eigenvalue weighted by Gasteiger charge is 2.48. The summed E-state index contributed by atoms with van der Waals surface area (Å²) in [4.78, 5) is 24.8. The molecule has 2 bridgehead atoms. The van der Waals surface area contributed by atoms with Crippen LogP contribution in [0.15, 0.2) is 0 Å². The minimum absolute atomic E-state index is 0.173. The van der Waals surface area contributed by atoms with Gasteiger partial charge in [0.2, 0.25) is 0 Å². The van der Waals surface area contributed by atoms with Crippen LogP contribution in [0.2, 0.25) is 0 Å². The van der Waals surface area contributed by atoms with Crippen molar-refractivity contribution in [2.45, 2.75) is 44.4 Å². The van der Waals surface area contributed by atoms with Crippen molar-refractivity contribution in [1.82, 2.24) is 4.90 Å². The number of nitrogens with zero attached hydrogens (tertiary/aromatic N) is 1. The number of carbonyl (C=O) groups excluding carboxylic acids is 2. The molecule has 0 spiro atoms. The van der Waals surface area contributed by atoms with Crippen LogP contribution >= 0.6 is 0 Å². The maximum atomic E-state index is 11.8. The molecule has 2 amide bonds. The average Bonchev–Trinajstić information content (AvgIpc) is 2.68. The number of fused-ring (bicyclic) bond motifs is 2. The molecule has 5 nitrogen and oxygen atoms in total. The topological polar surface area (TPSA) is 66.8 Å². The number of hydrogen-bond donors (Lipinski definition) is 1. The van der Waals surface area contributed by atoms with Gasteiger partial charge in [0.15, 0.2) is 0 Å². The zero-order chi connectivity index (χ0) is 11.0. The van der Waals surface area contributed by atoms with Crippen molar-refractivity contribution in [2.24, 2.45) is 0 Å². The van der Waals surface area contributed by atoms with Crippen molar-refractivity contribution in [2.75, 3.05) is 6.61 Å². The van der Waals surface area contributed by atoms with Gasteiger partial charge in [0, 0.05) is 0 Å². The zero-order valence-corrected chi connectivity index (χ0v) is 8.68. The number of likely N-dealkylation sites (tertiary alicyclic amines) is 1. The average molecular weight is 213 g/mol.